The van der Waals surface area contributed by atoms with Crippen LogP contribution in [-0.2, 0) is 11.3 Å². The number of methoxy groups -OCH3 is 1. The lowest BCUT2D eigenvalue weighted by Crippen LogP contribution is -2.32. The van der Waals surface area contributed by atoms with Crippen LogP contribution >= 0.6 is 23.8 Å². The van der Waals surface area contributed by atoms with Crippen LogP contribution in [-0.4, -0.2) is 43.7 Å². The summed E-state index contributed by atoms with van der Waals surface area (Å²) in [6, 6.07) is 9.69. The lowest BCUT2D eigenvalue weighted by Gasteiger charge is -2.22. The van der Waals surface area contributed by atoms with Crippen molar-refractivity contribution in [3.63, 3.8) is 0 Å². The molecule has 3 rings (SSSR count). The number of nitrogens with zero attached hydrogens (tertiary/aromatic N) is 3. The zero-order chi connectivity index (χ0) is 19.7. The minimum atomic E-state index is -0.382. The van der Waals surface area contributed by atoms with Crippen molar-refractivity contribution >= 4 is 46.2 Å². The van der Waals surface area contributed by atoms with Crippen molar-refractivity contribution in [1.29, 1.82) is 0 Å². The van der Waals surface area contributed by atoms with Crippen molar-refractivity contribution in [2.45, 2.75) is 6.54 Å². The largest absolute Gasteiger partial charge is 0.496 e. The van der Waals surface area contributed by atoms with E-state index in [2.05, 4.69) is 0 Å². The van der Waals surface area contributed by atoms with E-state index in [9.17, 15) is 9.18 Å². The quantitative estimate of drug-likeness (QED) is 0.706. The fraction of sp³-hybridized carbons (Fsp3) is 0.263. The van der Waals surface area contributed by atoms with Gasteiger partial charge in [0.1, 0.15) is 18.1 Å². The molecule has 0 bridgehead atoms. The van der Waals surface area contributed by atoms with Crippen molar-refractivity contribution in [2.24, 2.45) is 0 Å². The Kier molecular flexibility index (Phi) is 5.53. The third-order valence-corrected chi connectivity index (χ3v) is 5.06. The number of benzene rings is 2. The molecule has 2 aromatic carbocycles. The van der Waals surface area contributed by atoms with Crippen LogP contribution < -0.4 is 14.5 Å². The number of thiocarbonyl (C=S) groups is 1. The third-order valence-electron chi connectivity index (χ3n) is 4.32. The summed E-state index contributed by atoms with van der Waals surface area (Å²) in [5.74, 6) is -0.107. The first-order chi connectivity index (χ1) is 12.8. The van der Waals surface area contributed by atoms with Crippen LogP contribution in [0.2, 0.25) is 5.02 Å². The smallest absolute Gasteiger partial charge is 0.252 e. The van der Waals surface area contributed by atoms with Gasteiger partial charge < -0.3 is 14.5 Å². The van der Waals surface area contributed by atoms with Gasteiger partial charge in [-0.2, -0.15) is 0 Å². The molecule has 1 heterocycles. The summed E-state index contributed by atoms with van der Waals surface area (Å²) in [4.78, 5) is 17.7. The summed E-state index contributed by atoms with van der Waals surface area (Å²) in [6.45, 7) is 0.473. The molecule has 1 saturated heterocycles. The summed E-state index contributed by atoms with van der Waals surface area (Å²) in [6.07, 6.45) is 0. The van der Waals surface area contributed by atoms with Crippen LogP contribution in [0.3, 0.4) is 0 Å². The first kappa shape index (κ1) is 19.4. The lowest BCUT2D eigenvalue weighted by molar-refractivity contribution is -0.116. The Labute approximate surface area is 167 Å². The van der Waals surface area contributed by atoms with E-state index in [1.54, 1.807) is 17.0 Å². The number of rotatable bonds is 5. The number of carbonyl (C=O) groups is 1. The fourth-order valence-electron chi connectivity index (χ4n) is 2.98. The van der Waals surface area contributed by atoms with Crippen molar-refractivity contribution in [3.8, 4) is 5.75 Å². The predicted molar refractivity (Wildman–Crippen MR) is 109 cm³/mol. The highest BCUT2D eigenvalue weighted by atomic mass is 35.5. The number of carbonyl (C=O) groups excluding carboxylic acids is 1. The van der Waals surface area contributed by atoms with E-state index in [0.717, 1.165) is 11.3 Å². The van der Waals surface area contributed by atoms with Crippen LogP contribution in [0.5, 0.6) is 5.75 Å². The van der Waals surface area contributed by atoms with Crippen molar-refractivity contribution < 1.29 is 13.9 Å². The molecule has 0 atom stereocenters. The predicted octanol–water partition coefficient (Wildman–Crippen LogP) is 3.69. The molecule has 27 heavy (non-hydrogen) atoms. The number of hydrogen-bond donors (Lipinski definition) is 0. The number of halogens is 2. The van der Waals surface area contributed by atoms with Crippen LogP contribution in [0.1, 0.15) is 5.56 Å². The van der Waals surface area contributed by atoms with Gasteiger partial charge in [0.25, 0.3) is 5.91 Å². The van der Waals surface area contributed by atoms with Crippen molar-refractivity contribution in [1.82, 2.24) is 4.90 Å². The molecular weight excluding hydrogens is 389 g/mol. The Morgan fingerprint density at radius 2 is 2.00 bits per heavy atom. The molecule has 1 fully saturated rings. The SMILES string of the molecule is COc1cc(F)ccc1CN1CC(=O)N(c2ccc(N(C)C)c(Cl)c2)C1=S. The van der Waals surface area contributed by atoms with E-state index in [1.165, 1.54) is 24.1 Å². The summed E-state index contributed by atoms with van der Waals surface area (Å²) in [7, 11) is 5.26. The molecule has 1 aliphatic heterocycles. The number of amides is 1. The van der Waals surface area contributed by atoms with E-state index < -0.39 is 0 Å². The van der Waals surface area contributed by atoms with Gasteiger partial charge in [-0.05, 0) is 36.5 Å². The standard InChI is InChI=1S/C19H19ClFN3O2S/c1-22(2)16-7-6-14(9-15(16)20)24-18(25)11-23(19(24)27)10-12-4-5-13(21)8-17(12)26-3/h4-9H,10-11H2,1-3H3. The third kappa shape index (κ3) is 3.84. The summed E-state index contributed by atoms with van der Waals surface area (Å²) in [5, 5.41) is 0.909. The second-order valence-electron chi connectivity index (χ2n) is 6.35. The maximum Gasteiger partial charge on any atom is 0.252 e. The first-order valence-electron chi connectivity index (χ1n) is 8.23. The van der Waals surface area contributed by atoms with Crippen molar-refractivity contribution in [2.75, 3.05) is 37.5 Å². The molecule has 0 aromatic heterocycles. The normalized spacial score (nSPS) is 14.1. The highest BCUT2D eigenvalue weighted by Gasteiger charge is 2.34. The molecule has 0 radical (unpaired) electrons. The first-order valence-corrected chi connectivity index (χ1v) is 9.01. The summed E-state index contributed by atoms with van der Waals surface area (Å²) in [5.41, 5.74) is 2.22. The van der Waals surface area contributed by atoms with E-state index in [0.29, 0.717) is 28.1 Å². The average Bonchev–Trinajstić information content (AvgIpc) is 2.89. The monoisotopic (exact) mass is 407 g/mol. The van der Waals surface area contributed by atoms with Crippen LogP contribution in [0.4, 0.5) is 15.8 Å². The molecule has 0 N–H and O–H groups in total. The van der Waals surface area contributed by atoms with Crippen LogP contribution in [0.25, 0.3) is 0 Å². The highest BCUT2D eigenvalue weighted by molar-refractivity contribution is 7.80. The van der Waals surface area contributed by atoms with Crippen LogP contribution in [0.15, 0.2) is 36.4 Å². The number of hydrogen-bond acceptors (Lipinski definition) is 4. The number of anilines is 2. The molecule has 1 aliphatic rings. The van der Waals surface area contributed by atoms with Gasteiger partial charge in [0.05, 0.1) is 23.5 Å². The maximum absolute atomic E-state index is 13.4. The average molecular weight is 408 g/mol. The Morgan fingerprint density at radius 1 is 1.26 bits per heavy atom. The summed E-state index contributed by atoms with van der Waals surface area (Å²) < 4.78 is 18.6. The van der Waals surface area contributed by atoms with E-state index in [-0.39, 0.29) is 18.3 Å². The van der Waals surface area contributed by atoms with Crippen molar-refractivity contribution in [3.05, 3.63) is 52.8 Å². The van der Waals surface area contributed by atoms with Gasteiger partial charge >= 0.3 is 0 Å². The van der Waals surface area contributed by atoms with Gasteiger partial charge in [-0.1, -0.05) is 17.7 Å². The minimum absolute atomic E-state index is 0.131. The summed E-state index contributed by atoms with van der Waals surface area (Å²) >= 11 is 11.8. The lowest BCUT2D eigenvalue weighted by atomic mass is 10.2. The highest BCUT2D eigenvalue weighted by Crippen LogP contribution is 2.32. The second kappa shape index (κ2) is 7.70. The molecule has 1 amide bonds. The second-order valence-corrected chi connectivity index (χ2v) is 7.13. The Morgan fingerprint density at radius 3 is 2.63 bits per heavy atom. The van der Waals surface area contributed by atoms with Crippen LogP contribution in [0, 0.1) is 5.82 Å². The van der Waals surface area contributed by atoms with Gasteiger partial charge in [0, 0.05) is 32.3 Å². The number of ether oxygens (including phenoxy) is 1. The molecule has 0 spiro atoms. The Balaban J connectivity index is 1.84. The molecular formula is C19H19ClFN3O2S. The van der Waals surface area contributed by atoms with Gasteiger partial charge in [0.15, 0.2) is 5.11 Å². The topological polar surface area (TPSA) is 36.0 Å². The molecule has 8 heteroatoms. The zero-order valence-corrected chi connectivity index (χ0v) is 16.8. The molecule has 0 saturated carbocycles. The molecule has 2 aromatic rings. The molecule has 142 valence electrons. The van der Waals surface area contributed by atoms with E-state index >= 15 is 0 Å². The van der Waals surface area contributed by atoms with Gasteiger partial charge in [0.2, 0.25) is 0 Å². The van der Waals surface area contributed by atoms with Gasteiger partial charge in [-0.3, -0.25) is 9.69 Å². The van der Waals surface area contributed by atoms with Gasteiger partial charge in [-0.15, -0.1) is 0 Å². The minimum Gasteiger partial charge on any atom is -0.496 e. The maximum atomic E-state index is 13.4. The fourth-order valence-corrected chi connectivity index (χ4v) is 3.66. The van der Waals surface area contributed by atoms with E-state index in [1.807, 2.05) is 31.1 Å². The zero-order valence-electron chi connectivity index (χ0n) is 15.2. The Hall–Kier alpha value is -2.38. The molecule has 5 nitrogen and oxygen atoms in total. The van der Waals surface area contributed by atoms with Gasteiger partial charge in [-0.25, -0.2) is 4.39 Å². The van der Waals surface area contributed by atoms with E-state index in [4.69, 9.17) is 28.6 Å². The molecule has 0 unspecified atom stereocenters. The Bertz CT molecular complexity index is 907. The molecule has 0 aliphatic carbocycles.